The summed E-state index contributed by atoms with van der Waals surface area (Å²) in [6, 6.07) is 8.96. The van der Waals surface area contributed by atoms with Crippen LogP contribution in [0.25, 0.3) is 6.08 Å². The number of allylic oxidation sites excluding steroid dienone is 1. The molecule has 4 nitrogen and oxygen atoms in total. The Kier molecular flexibility index (Phi) is 4.87. The Balaban J connectivity index is 2.07. The lowest BCUT2D eigenvalue weighted by atomic mass is 9.86. The predicted octanol–water partition coefficient (Wildman–Crippen LogP) is 3.17. The Morgan fingerprint density at radius 3 is 2.42 bits per heavy atom. The summed E-state index contributed by atoms with van der Waals surface area (Å²) in [4.78, 5) is 25.0. The number of benzene rings is 2. The first-order valence-corrected chi connectivity index (χ1v) is 9.62. The average molecular weight is 371 g/mol. The molecule has 0 aromatic heterocycles. The second-order valence-electron chi connectivity index (χ2n) is 6.38. The molecule has 0 saturated heterocycles. The van der Waals surface area contributed by atoms with E-state index in [9.17, 15) is 18.2 Å². The highest BCUT2D eigenvalue weighted by Gasteiger charge is 2.30. The third kappa shape index (κ3) is 3.37. The van der Waals surface area contributed by atoms with Crippen molar-refractivity contribution >= 4 is 28.6 Å². The van der Waals surface area contributed by atoms with Crippen molar-refractivity contribution in [3.8, 4) is 0 Å². The van der Waals surface area contributed by atoms with E-state index in [-0.39, 0.29) is 23.7 Å². The predicted molar refractivity (Wildman–Crippen MR) is 98.8 cm³/mol. The molecule has 0 heterocycles. The van der Waals surface area contributed by atoms with Crippen LogP contribution in [0.15, 0.2) is 46.9 Å². The summed E-state index contributed by atoms with van der Waals surface area (Å²) in [5, 5.41) is 0. The maximum Gasteiger partial charge on any atom is 0.218 e. The number of fused-ring (bicyclic) bond motifs is 1. The maximum absolute atomic E-state index is 14.1. The van der Waals surface area contributed by atoms with Gasteiger partial charge in [-0.15, -0.1) is 0 Å². The Morgan fingerprint density at radius 1 is 1.19 bits per heavy atom. The number of rotatable bonds is 5. The molecular formula is C20H18FNO3S. The van der Waals surface area contributed by atoms with Crippen LogP contribution in [-0.2, 0) is 15.6 Å². The molecule has 0 saturated carbocycles. The quantitative estimate of drug-likeness (QED) is 0.820. The highest BCUT2D eigenvalue weighted by atomic mass is 32.2. The normalized spacial score (nSPS) is 16.7. The lowest BCUT2D eigenvalue weighted by molar-refractivity contribution is -0.118. The molecule has 134 valence electrons. The summed E-state index contributed by atoms with van der Waals surface area (Å²) in [6.45, 7) is 1.84. The van der Waals surface area contributed by atoms with E-state index in [2.05, 4.69) is 0 Å². The van der Waals surface area contributed by atoms with Crippen LogP contribution in [0.3, 0.4) is 0 Å². The van der Waals surface area contributed by atoms with E-state index < -0.39 is 22.5 Å². The van der Waals surface area contributed by atoms with Crippen molar-refractivity contribution in [2.45, 2.75) is 24.2 Å². The lowest BCUT2D eigenvalue weighted by Gasteiger charge is -2.17. The van der Waals surface area contributed by atoms with Crippen LogP contribution in [0, 0.1) is 5.82 Å². The van der Waals surface area contributed by atoms with Crippen LogP contribution in [-0.4, -0.2) is 22.2 Å². The third-order valence-electron chi connectivity index (χ3n) is 4.56. The molecule has 2 unspecified atom stereocenters. The molecular weight excluding hydrogens is 353 g/mol. The average Bonchev–Trinajstić information content (AvgIpc) is 2.88. The summed E-state index contributed by atoms with van der Waals surface area (Å²) >= 11 is 0. The standard InChI is InChI=1S/C20H18FNO3S/c1-11-7-13-8-14(21)9-17(19(13)16(11)10-18(22)23)20(24)12-3-5-15(6-4-12)26(2)25/h3-9,16H,10H2,1-2H3,(H2,22,23). The zero-order chi connectivity index (χ0) is 19.0. The molecule has 0 aliphatic heterocycles. The zero-order valence-electron chi connectivity index (χ0n) is 14.4. The molecule has 2 aromatic carbocycles. The first-order valence-electron chi connectivity index (χ1n) is 8.06. The summed E-state index contributed by atoms with van der Waals surface area (Å²) in [5.41, 5.74) is 8.05. The highest BCUT2D eigenvalue weighted by molar-refractivity contribution is 7.84. The van der Waals surface area contributed by atoms with E-state index >= 15 is 0 Å². The molecule has 0 bridgehead atoms. The van der Waals surface area contributed by atoms with Gasteiger partial charge in [0.2, 0.25) is 5.91 Å². The summed E-state index contributed by atoms with van der Waals surface area (Å²) in [7, 11) is -1.15. The van der Waals surface area contributed by atoms with Gasteiger partial charge in [-0.3, -0.25) is 13.8 Å². The van der Waals surface area contributed by atoms with Gasteiger partial charge < -0.3 is 5.73 Å². The van der Waals surface area contributed by atoms with Crippen LogP contribution >= 0.6 is 0 Å². The highest BCUT2D eigenvalue weighted by Crippen LogP contribution is 2.41. The number of carbonyl (C=O) groups is 2. The van der Waals surface area contributed by atoms with E-state index in [1.54, 1.807) is 36.6 Å². The van der Waals surface area contributed by atoms with Crippen molar-refractivity contribution in [3.63, 3.8) is 0 Å². The van der Waals surface area contributed by atoms with Crippen LogP contribution in [0.2, 0.25) is 0 Å². The smallest absolute Gasteiger partial charge is 0.218 e. The van der Waals surface area contributed by atoms with Gasteiger partial charge in [0, 0.05) is 45.4 Å². The Hall–Kier alpha value is -2.60. The van der Waals surface area contributed by atoms with Crippen molar-refractivity contribution in [1.29, 1.82) is 0 Å². The fourth-order valence-corrected chi connectivity index (χ4v) is 3.85. The Morgan fingerprint density at radius 2 is 1.85 bits per heavy atom. The lowest BCUT2D eigenvalue weighted by Crippen LogP contribution is -2.17. The second-order valence-corrected chi connectivity index (χ2v) is 7.75. The van der Waals surface area contributed by atoms with E-state index in [1.807, 2.05) is 6.92 Å². The van der Waals surface area contributed by atoms with Crippen LogP contribution in [0.1, 0.15) is 46.3 Å². The van der Waals surface area contributed by atoms with Gasteiger partial charge in [0.1, 0.15) is 5.82 Å². The molecule has 0 spiro atoms. The molecule has 2 N–H and O–H groups in total. The molecule has 1 aliphatic carbocycles. The number of carbonyl (C=O) groups excluding carboxylic acids is 2. The van der Waals surface area contributed by atoms with E-state index in [0.29, 0.717) is 21.6 Å². The fourth-order valence-electron chi connectivity index (χ4n) is 3.33. The van der Waals surface area contributed by atoms with Crippen molar-refractivity contribution < 1.29 is 18.2 Å². The number of halogens is 1. The Labute approximate surface area is 153 Å². The largest absolute Gasteiger partial charge is 0.370 e. The van der Waals surface area contributed by atoms with Gasteiger partial charge >= 0.3 is 0 Å². The number of ketones is 1. The minimum absolute atomic E-state index is 0.0645. The number of hydrogen-bond donors (Lipinski definition) is 1. The van der Waals surface area contributed by atoms with Gasteiger partial charge in [-0.05, 0) is 54.4 Å². The number of hydrogen-bond acceptors (Lipinski definition) is 3. The number of primary amides is 1. The minimum Gasteiger partial charge on any atom is -0.370 e. The molecule has 1 amide bonds. The van der Waals surface area contributed by atoms with Gasteiger partial charge in [-0.25, -0.2) is 4.39 Å². The van der Waals surface area contributed by atoms with E-state index in [4.69, 9.17) is 5.73 Å². The van der Waals surface area contributed by atoms with Gasteiger partial charge in [0.05, 0.1) is 0 Å². The molecule has 26 heavy (non-hydrogen) atoms. The SMILES string of the molecule is CC1=Cc2cc(F)cc(C(=O)c3ccc(S(C)=O)cc3)c2C1CC(N)=O. The van der Waals surface area contributed by atoms with Crippen molar-refractivity contribution in [3.05, 3.63) is 70.0 Å². The molecule has 0 fully saturated rings. The first kappa shape index (κ1) is 18.2. The molecule has 1 aliphatic rings. The van der Waals surface area contributed by atoms with Crippen molar-refractivity contribution in [2.24, 2.45) is 5.73 Å². The Bertz CT molecular complexity index is 964. The van der Waals surface area contributed by atoms with E-state index in [0.717, 1.165) is 5.57 Å². The summed E-state index contributed by atoms with van der Waals surface area (Å²) in [5.74, 6) is -1.66. The molecule has 6 heteroatoms. The van der Waals surface area contributed by atoms with Gasteiger partial charge in [-0.2, -0.15) is 0 Å². The molecule has 2 aromatic rings. The molecule has 3 rings (SSSR count). The van der Waals surface area contributed by atoms with Crippen LogP contribution in [0.5, 0.6) is 0 Å². The van der Waals surface area contributed by atoms with Crippen molar-refractivity contribution in [1.82, 2.24) is 0 Å². The summed E-state index contributed by atoms with van der Waals surface area (Å²) in [6.07, 6.45) is 3.40. The minimum atomic E-state index is -1.15. The van der Waals surface area contributed by atoms with Crippen LogP contribution in [0.4, 0.5) is 4.39 Å². The number of nitrogens with two attached hydrogens (primary N) is 1. The van der Waals surface area contributed by atoms with Crippen LogP contribution < -0.4 is 5.73 Å². The topological polar surface area (TPSA) is 77.2 Å². The van der Waals surface area contributed by atoms with Gasteiger partial charge in [0.25, 0.3) is 0 Å². The third-order valence-corrected chi connectivity index (χ3v) is 5.49. The number of amides is 1. The van der Waals surface area contributed by atoms with Gasteiger partial charge in [-0.1, -0.05) is 11.6 Å². The van der Waals surface area contributed by atoms with Crippen molar-refractivity contribution in [2.75, 3.05) is 6.26 Å². The molecule has 0 radical (unpaired) electrons. The fraction of sp³-hybridized carbons (Fsp3) is 0.200. The second kappa shape index (κ2) is 6.96. The van der Waals surface area contributed by atoms with E-state index in [1.165, 1.54) is 12.1 Å². The maximum atomic E-state index is 14.1. The molecule has 2 atom stereocenters. The van der Waals surface area contributed by atoms with Gasteiger partial charge in [0.15, 0.2) is 5.78 Å². The zero-order valence-corrected chi connectivity index (χ0v) is 15.2. The summed E-state index contributed by atoms with van der Waals surface area (Å²) < 4.78 is 25.6. The first-order chi connectivity index (χ1) is 12.3. The monoisotopic (exact) mass is 371 g/mol.